The molecule has 96 valence electrons. The molecule has 0 unspecified atom stereocenters. The Kier molecular flexibility index (Phi) is 2.93. The van der Waals surface area contributed by atoms with Crippen LogP contribution in [0.4, 0.5) is 10.1 Å². The highest BCUT2D eigenvalue weighted by atomic mass is 127. The number of rotatable bonds is 1. The third-order valence-corrected chi connectivity index (χ3v) is 4.20. The van der Waals surface area contributed by atoms with Gasteiger partial charge in [0.2, 0.25) is 0 Å². The summed E-state index contributed by atoms with van der Waals surface area (Å²) < 4.78 is 14.1. The van der Waals surface area contributed by atoms with Crippen LogP contribution in [0.25, 0.3) is 11.6 Å². The molecular weight excluding hydrogens is 358 g/mol. The van der Waals surface area contributed by atoms with Crippen LogP contribution in [0, 0.1) is 16.3 Å². The van der Waals surface area contributed by atoms with Crippen LogP contribution in [0.15, 0.2) is 24.4 Å². The normalized spacial score (nSPS) is 15.7. The lowest BCUT2D eigenvalue weighted by Crippen LogP contribution is -2.03. The molecule has 0 saturated carbocycles. The zero-order chi connectivity index (χ0) is 13.6. The Hall–Kier alpha value is -1.63. The van der Waals surface area contributed by atoms with Gasteiger partial charge in [0.15, 0.2) is 0 Å². The van der Waals surface area contributed by atoms with Crippen LogP contribution in [0.3, 0.4) is 0 Å². The van der Waals surface area contributed by atoms with E-state index in [2.05, 4.69) is 10.3 Å². The average molecular weight is 368 g/mol. The number of benzene rings is 1. The predicted octanol–water partition coefficient (Wildman–Crippen LogP) is 3.56. The average Bonchev–Trinajstić information content (AvgIpc) is 2.91. The topological polar surface area (TPSA) is 44.9 Å². The number of carbonyl (C=O) groups is 1. The molecule has 0 saturated heterocycles. The molecule has 2 aromatic rings. The number of hydrogen-bond acceptors (Lipinski definition) is 1. The van der Waals surface area contributed by atoms with E-state index in [-0.39, 0.29) is 11.7 Å². The van der Waals surface area contributed by atoms with Gasteiger partial charge in [-0.2, -0.15) is 0 Å². The largest absolute Gasteiger partial charge is 0.361 e. The Balaban J connectivity index is 2.21. The fraction of sp³-hybridized carbons (Fsp3) is 0.0714. The van der Waals surface area contributed by atoms with E-state index >= 15 is 0 Å². The monoisotopic (exact) mass is 368 g/mol. The molecule has 1 aromatic carbocycles. The molecule has 1 aromatic heterocycles. The molecule has 5 heteroatoms. The second kappa shape index (κ2) is 4.48. The number of H-pyrrole nitrogens is 1. The minimum absolute atomic E-state index is 0.201. The summed E-state index contributed by atoms with van der Waals surface area (Å²) in [6.45, 7) is 1.95. The molecule has 2 heterocycles. The maximum atomic E-state index is 13.7. The van der Waals surface area contributed by atoms with E-state index in [1.807, 2.05) is 41.8 Å². The first kappa shape index (κ1) is 12.4. The Bertz CT molecular complexity index is 718. The lowest BCUT2D eigenvalue weighted by Gasteiger charge is -2.03. The Morgan fingerprint density at radius 3 is 2.79 bits per heavy atom. The van der Waals surface area contributed by atoms with E-state index in [0.29, 0.717) is 20.4 Å². The zero-order valence-electron chi connectivity index (χ0n) is 10.1. The molecular formula is C14H10FIN2O. The summed E-state index contributed by atoms with van der Waals surface area (Å²) in [6.07, 6.45) is 3.57. The molecule has 1 aliphatic heterocycles. The quantitative estimate of drug-likeness (QED) is 0.587. The second-order valence-electron chi connectivity index (χ2n) is 4.37. The number of halogens is 2. The molecule has 1 amide bonds. The first-order chi connectivity index (χ1) is 9.08. The molecule has 0 bridgehead atoms. The number of carbonyl (C=O) groups excluding carboxylic acids is 1. The third kappa shape index (κ3) is 1.98. The summed E-state index contributed by atoms with van der Waals surface area (Å²) in [6, 6.07) is 4.88. The number of amides is 1. The lowest BCUT2D eigenvalue weighted by molar-refractivity contribution is -0.110. The van der Waals surface area contributed by atoms with Crippen LogP contribution < -0.4 is 5.32 Å². The number of hydrogen-bond donors (Lipinski definition) is 2. The number of anilines is 1. The van der Waals surface area contributed by atoms with Crippen LogP contribution in [0.1, 0.15) is 16.8 Å². The fourth-order valence-corrected chi connectivity index (χ4v) is 2.88. The van der Waals surface area contributed by atoms with Gasteiger partial charge in [0.1, 0.15) is 5.82 Å². The Morgan fingerprint density at radius 1 is 1.32 bits per heavy atom. The first-order valence-corrected chi connectivity index (χ1v) is 6.81. The molecule has 0 aliphatic carbocycles. The van der Waals surface area contributed by atoms with Crippen molar-refractivity contribution in [3.05, 3.63) is 50.6 Å². The van der Waals surface area contributed by atoms with Crippen molar-refractivity contribution in [1.29, 1.82) is 0 Å². The van der Waals surface area contributed by atoms with Gasteiger partial charge in [-0.3, -0.25) is 4.79 Å². The second-order valence-corrected chi connectivity index (χ2v) is 5.45. The van der Waals surface area contributed by atoms with E-state index in [1.54, 1.807) is 12.1 Å². The molecule has 3 rings (SSSR count). The summed E-state index contributed by atoms with van der Waals surface area (Å²) >= 11 is 1.93. The van der Waals surface area contributed by atoms with Gasteiger partial charge in [0.25, 0.3) is 5.91 Å². The SMILES string of the molecule is Cc1cc[nH]c1/C=C1\C(=O)Nc2ccc(F)c(I)c21. The summed E-state index contributed by atoms with van der Waals surface area (Å²) in [5.74, 6) is -0.516. The van der Waals surface area contributed by atoms with Crippen molar-refractivity contribution in [3.63, 3.8) is 0 Å². The molecule has 0 fully saturated rings. The minimum Gasteiger partial charge on any atom is -0.361 e. The minimum atomic E-state index is -0.315. The van der Waals surface area contributed by atoms with E-state index in [4.69, 9.17) is 0 Å². The van der Waals surface area contributed by atoms with Gasteiger partial charge >= 0.3 is 0 Å². The highest BCUT2D eigenvalue weighted by Crippen LogP contribution is 2.37. The van der Waals surface area contributed by atoms with Crippen LogP contribution in [-0.2, 0) is 4.79 Å². The van der Waals surface area contributed by atoms with Crippen LogP contribution in [-0.4, -0.2) is 10.9 Å². The summed E-state index contributed by atoms with van der Waals surface area (Å²) in [5, 5.41) is 2.75. The Morgan fingerprint density at radius 2 is 2.11 bits per heavy atom. The number of aromatic nitrogens is 1. The maximum Gasteiger partial charge on any atom is 0.256 e. The zero-order valence-corrected chi connectivity index (χ0v) is 12.2. The number of fused-ring (bicyclic) bond motifs is 1. The molecule has 1 aliphatic rings. The molecule has 19 heavy (non-hydrogen) atoms. The van der Waals surface area contributed by atoms with Gasteiger partial charge < -0.3 is 10.3 Å². The number of aryl methyl sites for hydroxylation is 1. The van der Waals surface area contributed by atoms with E-state index in [9.17, 15) is 9.18 Å². The molecule has 0 radical (unpaired) electrons. The smallest absolute Gasteiger partial charge is 0.256 e. The van der Waals surface area contributed by atoms with Crippen LogP contribution >= 0.6 is 22.6 Å². The number of aromatic amines is 1. The standard InChI is InChI=1S/C14H10FIN2O/c1-7-4-5-17-11(7)6-8-12-10(18-14(8)19)3-2-9(15)13(12)16/h2-6,17H,1H3,(H,18,19)/b8-6-. The van der Waals surface area contributed by atoms with Gasteiger partial charge in [-0.05, 0) is 59.4 Å². The highest BCUT2D eigenvalue weighted by Gasteiger charge is 2.28. The van der Waals surface area contributed by atoms with Gasteiger partial charge in [-0.15, -0.1) is 0 Å². The predicted molar refractivity (Wildman–Crippen MR) is 81.1 cm³/mol. The van der Waals surface area contributed by atoms with Crippen molar-refractivity contribution in [1.82, 2.24) is 4.98 Å². The van der Waals surface area contributed by atoms with Crippen molar-refractivity contribution in [2.45, 2.75) is 6.92 Å². The first-order valence-electron chi connectivity index (χ1n) is 5.73. The fourth-order valence-electron chi connectivity index (χ4n) is 2.12. The molecule has 0 spiro atoms. The van der Waals surface area contributed by atoms with Crippen molar-refractivity contribution in [2.75, 3.05) is 5.32 Å². The van der Waals surface area contributed by atoms with Crippen molar-refractivity contribution < 1.29 is 9.18 Å². The Labute approximate surface area is 123 Å². The van der Waals surface area contributed by atoms with Gasteiger partial charge in [-0.25, -0.2) is 4.39 Å². The summed E-state index contributed by atoms with van der Waals surface area (Å²) in [7, 11) is 0. The van der Waals surface area contributed by atoms with Gasteiger partial charge in [0, 0.05) is 17.5 Å². The van der Waals surface area contributed by atoms with Crippen LogP contribution in [0.2, 0.25) is 0 Å². The summed E-state index contributed by atoms with van der Waals surface area (Å²) in [5.41, 5.74) is 3.69. The molecule has 0 atom stereocenters. The van der Waals surface area contributed by atoms with E-state index < -0.39 is 0 Å². The third-order valence-electron chi connectivity index (χ3n) is 3.14. The molecule has 3 nitrogen and oxygen atoms in total. The van der Waals surface area contributed by atoms with Crippen LogP contribution in [0.5, 0.6) is 0 Å². The summed E-state index contributed by atoms with van der Waals surface area (Å²) in [4.78, 5) is 15.1. The van der Waals surface area contributed by atoms with E-state index in [0.717, 1.165) is 11.3 Å². The van der Waals surface area contributed by atoms with Crippen molar-refractivity contribution in [2.24, 2.45) is 0 Å². The molecule has 2 N–H and O–H groups in total. The highest BCUT2D eigenvalue weighted by molar-refractivity contribution is 14.1. The van der Waals surface area contributed by atoms with Gasteiger partial charge in [0.05, 0.1) is 14.8 Å². The van der Waals surface area contributed by atoms with Crippen molar-refractivity contribution >= 4 is 45.8 Å². The lowest BCUT2D eigenvalue weighted by atomic mass is 10.1. The van der Waals surface area contributed by atoms with E-state index in [1.165, 1.54) is 6.07 Å². The van der Waals surface area contributed by atoms with Crippen molar-refractivity contribution in [3.8, 4) is 0 Å². The maximum absolute atomic E-state index is 13.7. The van der Waals surface area contributed by atoms with Gasteiger partial charge in [-0.1, -0.05) is 0 Å². The number of nitrogens with one attached hydrogen (secondary N) is 2.